The Labute approximate surface area is 159 Å². The summed E-state index contributed by atoms with van der Waals surface area (Å²) in [7, 11) is 0. The van der Waals surface area contributed by atoms with Crippen molar-refractivity contribution in [2.45, 2.75) is 13.0 Å². The third-order valence-electron chi connectivity index (χ3n) is 5.20. The van der Waals surface area contributed by atoms with Crippen LogP contribution in [0.5, 0.6) is 0 Å². The predicted molar refractivity (Wildman–Crippen MR) is 98.2 cm³/mol. The van der Waals surface area contributed by atoms with E-state index in [-0.39, 0.29) is 30.2 Å². The minimum Gasteiger partial charge on any atom is -0.481 e. The van der Waals surface area contributed by atoms with Crippen LogP contribution in [0.2, 0.25) is 0 Å². The molecule has 1 fully saturated rings. The molecule has 8 heteroatoms. The van der Waals surface area contributed by atoms with Crippen LogP contribution in [0.25, 0.3) is 0 Å². The summed E-state index contributed by atoms with van der Waals surface area (Å²) in [5.74, 6) is -2.48. The second-order valence-electron chi connectivity index (χ2n) is 6.75. The van der Waals surface area contributed by atoms with Gasteiger partial charge in [0.25, 0.3) is 5.91 Å². The van der Waals surface area contributed by atoms with E-state index in [1.807, 2.05) is 12.2 Å². The van der Waals surface area contributed by atoms with Crippen molar-refractivity contribution in [3.8, 4) is 0 Å². The molecule has 0 saturated heterocycles. The van der Waals surface area contributed by atoms with Gasteiger partial charge in [0.2, 0.25) is 5.91 Å². The summed E-state index contributed by atoms with van der Waals surface area (Å²) >= 11 is 1.24. The largest absolute Gasteiger partial charge is 0.481 e. The number of carbonyl (C=O) groups excluding carboxylic acids is 2. The van der Waals surface area contributed by atoms with Crippen molar-refractivity contribution in [2.24, 2.45) is 23.7 Å². The second-order valence-corrected chi connectivity index (χ2v) is 7.67. The predicted octanol–water partition coefficient (Wildman–Crippen LogP) is 2.73. The molecule has 2 aromatic heterocycles. The normalized spacial score (nSPS) is 25.5. The molecule has 2 aromatic rings. The standard InChI is InChI=1S/C19H18N2O5S/c22-16(20-9-12-2-1-6-26-12)13-5-7-27-18(13)21-17(23)14-10-3-4-11(8-10)15(14)19(24)25/h1-7,10-11,14-15H,8-9H2,(H,20,22)(H,21,23)(H,24,25)/t10-,11+,14+,15+/m1/s1. The highest BCUT2D eigenvalue weighted by molar-refractivity contribution is 7.14. The van der Waals surface area contributed by atoms with Crippen molar-refractivity contribution in [1.29, 1.82) is 0 Å². The third-order valence-corrected chi connectivity index (χ3v) is 6.03. The van der Waals surface area contributed by atoms with Gasteiger partial charge < -0.3 is 20.2 Å². The Morgan fingerprint density at radius 1 is 1.19 bits per heavy atom. The molecule has 2 aliphatic carbocycles. The molecule has 1 saturated carbocycles. The smallest absolute Gasteiger partial charge is 0.307 e. The molecule has 0 aliphatic heterocycles. The summed E-state index contributed by atoms with van der Waals surface area (Å²) in [4.78, 5) is 36.8. The molecule has 4 rings (SSSR count). The molecule has 2 aliphatic rings. The van der Waals surface area contributed by atoms with E-state index in [2.05, 4.69) is 10.6 Å². The number of thiophene rings is 1. The molecular weight excluding hydrogens is 368 g/mol. The van der Waals surface area contributed by atoms with Gasteiger partial charge in [0, 0.05) is 0 Å². The topological polar surface area (TPSA) is 109 Å². The molecule has 7 nitrogen and oxygen atoms in total. The fraction of sp³-hybridized carbons (Fsp3) is 0.316. The number of hydrogen-bond acceptors (Lipinski definition) is 5. The number of nitrogens with one attached hydrogen (secondary N) is 2. The molecule has 3 N–H and O–H groups in total. The van der Waals surface area contributed by atoms with Crippen LogP contribution in [0.4, 0.5) is 5.00 Å². The van der Waals surface area contributed by atoms with Gasteiger partial charge in [-0.3, -0.25) is 14.4 Å². The average Bonchev–Trinajstić information content (AvgIpc) is 3.42. The van der Waals surface area contributed by atoms with Gasteiger partial charge in [-0.15, -0.1) is 11.3 Å². The van der Waals surface area contributed by atoms with Crippen molar-refractivity contribution < 1.29 is 23.9 Å². The lowest BCUT2D eigenvalue weighted by molar-refractivity contribution is -0.146. The van der Waals surface area contributed by atoms with E-state index in [1.54, 1.807) is 23.6 Å². The zero-order chi connectivity index (χ0) is 19.0. The number of hydrogen-bond donors (Lipinski definition) is 3. The highest BCUT2D eigenvalue weighted by Crippen LogP contribution is 2.48. The van der Waals surface area contributed by atoms with Crippen LogP contribution in [-0.2, 0) is 16.1 Å². The average molecular weight is 386 g/mol. The summed E-state index contributed by atoms with van der Waals surface area (Å²) < 4.78 is 5.18. The lowest BCUT2D eigenvalue weighted by Crippen LogP contribution is -2.36. The zero-order valence-electron chi connectivity index (χ0n) is 14.3. The fourth-order valence-corrected chi connectivity index (χ4v) is 4.76. The molecule has 27 heavy (non-hydrogen) atoms. The Hall–Kier alpha value is -2.87. The Morgan fingerprint density at radius 2 is 1.96 bits per heavy atom. The number of carboxylic acid groups (broad SMARTS) is 1. The van der Waals surface area contributed by atoms with Gasteiger partial charge >= 0.3 is 5.97 Å². The molecule has 4 atom stereocenters. The van der Waals surface area contributed by atoms with Crippen LogP contribution in [0.15, 0.2) is 46.4 Å². The van der Waals surface area contributed by atoms with E-state index in [4.69, 9.17) is 4.42 Å². The van der Waals surface area contributed by atoms with E-state index in [0.29, 0.717) is 22.7 Å². The Bertz CT molecular complexity index is 901. The number of allylic oxidation sites excluding steroid dienone is 2. The van der Waals surface area contributed by atoms with Crippen molar-refractivity contribution in [3.63, 3.8) is 0 Å². The van der Waals surface area contributed by atoms with Gasteiger partial charge in [-0.2, -0.15) is 0 Å². The summed E-state index contributed by atoms with van der Waals surface area (Å²) in [5, 5.41) is 17.2. The molecule has 2 heterocycles. The van der Waals surface area contributed by atoms with E-state index in [1.165, 1.54) is 17.6 Å². The van der Waals surface area contributed by atoms with Gasteiger partial charge in [0.05, 0.1) is 30.2 Å². The summed E-state index contributed by atoms with van der Waals surface area (Å²) in [5.41, 5.74) is 0.352. The Balaban J connectivity index is 1.45. The molecule has 140 valence electrons. The number of amides is 2. The number of rotatable bonds is 6. The maximum absolute atomic E-state index is 12.8. The van der Waals surface area contributed by atoms with Crippen molar-refractivity contribution >= 4 is 34.1 Å². The van der Waals surface area contributed by atoms with Crippen molar-refractivity contribution in [2.75, 3.05) is 5.32 Å². The first-order valence-electron chi connectivity index (χ1n) is 8.64. The molecule has 0 aromatic carbocycles. The Morgan fingerprint density at radius 3 is 2.67 bits per heavy atom. The van der Waals surface area contributed by atoms with E-state index in [9.17, 15) is 19.5 Å². The highest BCUT2D eigenvalue weighted by atomic mass is 32.1. The van der Waals surface area contributed by atoms with Crippen LogP contribution in [0.3, 0.4) is 0 Å². The quantitative estimate of drug-likeness (QED) is 0.662. The number of fused-ring (bicyclic) bond motifs is 2. The van der Waals surface area contributed by atoms with Gasteiger partial charge in [0.15, 0.2) is 0 Å². The van der Waals surface area contributed by atoms with Crippen molar-refractivity contribution in [1.82, 2.24) is 5.32 Å². The molecule has 2 bridgehead atoms. The van der Waals surface area contributed by atoms with Crippen LogP contribution >= 0.6 is 11.3 Å². The van der Waals surface area contributed by atoms with Gasteiger partial charge in [-0.1, -0.05) is 12.2 Å². The fourth-order valence-electron chi connectivity index (χ4n) is 3.97. The molecular formula is C19H18N2O5S. The molecule has 0 spiro atoms. The monoisotopic (exact) mass is 386 g/mol. The first-order chi connectivity index (χ1) is 13.0. The lowest BCUT2D eigenvalue weighted by atomic mass is 9.82. The number of aliphatic carboxylic acids is 1. The number of carboxylic acids is 1. The van der Waals surface area contributed by atoms with Crippen LogP contribution in [-0.4, -0.2) is 22.9 Å². The number of carbonyl (C=O) groups is 3. The van der Waals surface area contributed by atoms with Gasteiger partial charge in [0.1, 0.15) is 10.8 Å². The van der Waals surface area contributed by atoms with E-state index in [0.717, 1.165) is 0 Å². The third kappa shape index (κ3) is 3.28. The number of anilines is 1. The van der Waals surface area contributed by atoms with Crippen LogP contribution in [0, 0.1) is 23.7 Å². The van der Waals surface area contributed by atoms with E-state index >= 15 is 0 Å². The zero-order valence-corrected chi connectivity index (χ0v) is 15.1. The summed E-state index contributed by atoms with van der Waals surface area (Å²) in [6.45, 7) is 0.243. The molecule has 2 amide bonds. The Kier molecular flexibility index (Phi) is 4.57. The second kappa shape index (κ2) is 7.03. The number of furan rings is 1. The first-order valence-corrected chi connectivity index (χ1v) is 9.52. The molecule has 0 unspecified atom stereocenters. The highest BCUT2D eigenvalue weighted by Gasteiger charge is 2.51. The van der Waals surface area contributed by atoms with Gasteiger partial charge in [-0.05, 0) is 41.8 Å². The van der Waals surface area contributed by atoms with Gasteiger partial charge in [-0.25, -0.2) is 0 Å². The first kappa shape index (κ1) is 17.5. The maximum atomic E-state index is 12.8. The van der Waals surface area contributed by atoms with Crippen LogP contribution < -0.4 is 10.6 Å². The van der Waals surface area contributed by atoms with E-state index < -0.39 is 17.8 Å². The molecule has 0 radical (unpaired) electrons. The minimum atomic E-state index is -0.949. The van der Waals surface area contributed by atoms with Crippen molar-refractivity contribution in [3.05, 3.63) is 53.3 Å². The summed E-state index contributed by atoms with van der Waals surface area (Å²) in [6, 6.07) is 5.12. The van der Waals surface area contributed by atoms with Crippen LogP contribution in [0.1, 0.15) is 22.5 Å². The minimum absolute atomic E-state index is 0.0627. The lowest BCUT2D eigenvalue weighted by Gasteiger charge is -2.23. The maximum Gasteiger partial charge on any atom is 0.307 e. The SMILES string of the molecule is O=C(NCc1ccco1)c1ccsc1NC(=O)[C@@H]1[C@@H](C(=O)O)[C@H]2C=C[C@@H]1C2. The summed E-state index contributed by atoms with van der Waals surface area (Å²) in [6.07, 6.45) is 6.04.